The van der Waals surface area contributed by atoms with Crippen molar-refractivity contribution in [3.8, 4) is 22.3 Å². The van der Waals surface area contributed by atoms with E-state index in [-0.39, 0.29) is 47.8 Å². The Morgan fingerprint density at radius 3 is 1.37 bits per heavy atom. The lowest BCUT2D eigenvalue weighted by Gasteiger charge is -2.37. The molecule has 8 atom stereocenters. The van der Waals surface area contributed by atoms with Crippen LogP contribution < -0.4 is 10.6 Å². The highest BCUT2D eigenvalue weighted by atomic mass is 19.1. The molecule has 14 rings (SSSR count). The summed E-state index contributed by atoms with van der Waals surface area (Å²) < 4.78 is 38.1. The number of hydrogen-bond acceptors (Lipinski definition) is 8. The van der Waals surface area contributed by atoms with Crippen molar-refractivity contribution in [1.29, 1.82) is 0 Å². The zero-order chi connectivity index (χ0) is 57.8. The average Bonchev–Trinajstić information content (AvgIpc) is 4.43. The Bertz CT molecular complexity index is 3150. The zero-order valence-corrected chi connectivity index (χ0v) is 49.0. The number of aryl methyl sites for hydroxylation is 4. The molecule has 4 fully saturated rings. The van der Waals surface area contributed by atoms with E-state index in [2.05, 4.69) is 93.4 Å². The van der Waals surface area contributed by atoms with Crippen LogP contribution in [0.25, 0.3) is 44.3 Å². The van der Waals surface area contributed by atoms with Gasteiger partial charge in [-0.05, 0) is 184 Å². The number of benzene rings is 4. The van der Waals surface area contributed by atoms with Crippen LogP contribution in [0.5, 0.6) is 0 Å². The van der Waals surface area contributed by atoms with E-state index in [0.29, 0.717) is 11.8 Å². The Hall–Kier alpha value is -6.84. The standard InChI is InChI=1S/C66H82F2N8O6/c1-37(2)57(73-63(79)81-65(5,6)35-67)61(77)75-53-15-11-9-13-45(53)33-55(75)59-69-49-27-25-43(31-51(49)71-59)47-29-39-17-21-41(47)23-19-40-18-22-42(24-20-39)48(30-40)44-26-28-50-52(32-44)72-60(70-50)56-34-46-14-10-12-16-54(46)76(56)62(78)58(38(3)4)74-64(80)82-66(7,8)36-68/h17-18,21-22,25-32,37-38,45-46,53-58H,9-16,19-20,23-24,33-36H2,1-8H3,(H,69,71)(H,70,72)(H,73,79)(H,74,80)/t45-,46?,53?,54?,55?,56?,57?,58?/m0/s1. The molecule has 4 heterocycles. The van der Waals surface area contributed by atoms with Gasteiger partial charge in [0.15, 0.2) is 0 Å². The molecule has 16 heteroatoms. The fraction of sp³-hybridized carbons (Fsp3) is 0.545. The van der Waals surface area contributed by atoms with Gasteiger partial charge in [0.05, 0.1) is 34.2 Å². The van der Waals surface area contributed by atoms with E-state index in [1.165, 1.54) is 61.1 Å². The lowest BCUT2D eigenvalue weighted by Crippen LogP contribution is -2.54. The van der Waals surface area contributed by atoms with E-state index in [1.807, 2.05) is 37.5 Å². The molecule has 4 N–H and O–H groups in total. The van der Waals surface area contributed by atoms with E-state index >= 15 is 0 Å². The topological polar surface area (TPSA) is 175 Å². The average molecular weight is 1120 g/mol. The first kappa shape index (κ1) is 57.0. The van der Waals surface area contributed by atoms with Crippen LogP contribution in [0.2, 0.25) is 0 Å². The first-order valence-electron chi connectivity index (χ1n) is 30.3. The fourth-order valence-corrected chi connectivity index (χ4v) is 14.1. The number of amides is 4. The SMILES string of the molecule is CC(C)C(NC(=O)OC(C)(C)CF)C(=O)N1C(c2nc3cc(-c4cc5ccc4CCc4ccc(c(-c6ccc7[nH]c(C8C[C@@H]9CCCCC9N8C(=O)C(NC(=O)OC(C)(C)CF)C(C)C)nc7c6)c4)CC5)ccc3[nH]2)CC2CCCCC21. The third-order valence-electron chi connectivity index (χ3n) is 18.4. The molecule has 2 aliphatic heterocycles. The van der Waals surface area contributed by atoms with Gasteiger partial charge in [0.2, 0.25) is 11.8 Å². The zero-order valence-electron chi connectivity index (χ0n) is 49.0. The van der Waals surface area contributed by atoms with Gasteiger partial charge in [-0.2, -0.15) is 0 Å². The summed E-state index contributed by atoms with van der Waals surface area (Å²) >= 11 is 0. The number of aromatic nitrogens is 4. The van der Waals surface area contributed by atoms with E-state index in [4.69, 9.17) is 19.4 Å². The maximum Gasteiger partial charge on any atom is 0.408 e. The van der Waals surface area contributed by atoms with Crippen LogP contribution in [0.1, 0.15) is 166 Å². The summed E-state index contributed by atoms with van der Waals surface area (Å²) in [5.41, 5.74) is 10.4. The van der Waals surface area contributed by atoms with Crippen molar-refractivity contribution in [3.63, 3.8) is 0 Å². The second-order valence-electron chi connectivity index (χ2n) is 26.2. The number of likely N-dealkylation sites (tertiary alicyclic amines) is 2. The lowest BCUT2D eigenvalue weighted by atomic mass is 9.84. The lowest BCUT2D eigenvalue weighted by molar-refractivity contribution is -0.139. The number of rotatable bonds is 14. The Morgan fingerprint density at radius 2 is 0.976 bits per heavy atom. The predicted molar refractivity (Wildman–Crippen MR) is 314 cm³/mol. The van der Waals surface area contributed by atoms with Crippen molar-refractivity contribution in [3.05, 3.63) is 107 Å². The number of nitrogens with zero attached hydrogens (tertiary/aromatic N) is 4. The second-order valence-corrected chi connectivity index (χ2v) is 26.2. The Morgan fingerprint density at radius 1 is 0.573 bits per heavy atom. The normalized spacial score (nSPS) is 22.7. The van der Waals surface area contributed by atoms with Crippen LogP contribution in [0.3, 0.4) is 0 Å². The summed E-state index contributed by atoms with van der Waals surface area (Å²) in [4.78, 5) is 77.4. The monoisotopic (exact) mass is 1120 g/mol. The number of imidazole rings is 2. The number of carbonyl (C=O) groups is 4. The first-order chi connectivity index (χ1) is 39.3. The number of halogens is 2. The molecule has 14 nitrogen and oxygen atoms in total. The van der Waals surface area contributed by atoms with Crippen molar-refractivity contribution < 1.29 is 37.4 Å². The number of H-pyrrole nitrogens is 2. The van der Waals surface area contributed by atoms with E-state index in [1.54, 1.807) is 0 Å². The Labute approximate surface area is 480 Å². The molecule has 2 aromatic heterocycles. The van der Waals surface area contributed by atoms with Gasteiger partial charge in [-0.15, -0.1) is 0 Å². The van der Waals surface area contributed by atoms with Crippen LogP contribution in [0, 0.1) is 23.7 Å². The van der Waals surface area contributed by atoms with Gasteiger partial charge < -0.3 is 39.9 Å². The molecule has 8 aliphatic rings. The summed E-state index contributed by atoms with van der Waals surface area (Å²) in [6, 6.07) is 24.5. The van der Waals surface area contributed by atoms with Gasteiger partial charge in [0, 0.05) is 12.1 Å². The number of carbonyl (C=O) groups excluding carboxylic acids is 4. The molecule has 0 radical (unpaired) electrons. The summed E-state index contributed by atoms with van der Waals surface area (Å²) in [6.45, 7) is 12.0. The van der Waals surface area contributed by atoms with Crippen molar-refractivity contribution in [2.75, 3.05) is 13.3 Å². The van der Waals surface area contributed by atoms with Crippen molar-refractivity contribution in [1.82, 2.24) is 40.4 Å². The quantitative estimate of drug-likeness (QED) is 0.0834. The number of fused-ring (bicyclic) bond motifs is 4. The summed E-state index contributed by atoms with van der Waals surface area (Å²) in [7, 11) is 0. The number of hydrogen-bond donors (Lipinski definition) is 4. The molecule has 0 spiro atoms. The number of alkyl halides is 2. The first-order valence-corrected chi connectivity index (χ1v) is 30.3. The molecule has 4 bridgehead atoms. The largest absolute Gasteiger partial charge is 0.441 e. The molecule has 2 saturated carbocycles. The van der Waals surface area contributed by atoms with Crippen LogP contribution in [-0.4, -0.2) is 102 Å². The van der Waals surface area contributed by atoms with Crippen LogP contribution in [0.4, 0.5) is 18.4 Å². The van der Waals surface area contributed by atoms with Gasteiger partial charge >= 0.3 is 12.2 Å². The van der Waals surface area contributed by atoms with Crippen molar-refractivity contribution >= 4 is 46.1 Å². The number of aromatic amines is 2. The van der Waals surface area contributed by atoms with Crippen molar-refractivity contribution in [2.24, 2.45) is 23.7 Å². The molecule has 4 aromatic carbocycles. The minimum Gasteiger partial charge on any atom is -0.441 e. The molecule has 2 saturated heterocycles. The van der Waals surface area contributed by atoms with Gasteiger partial charge in [-0.3, -0.25) is 9.59 Å². The Kier molecular flexibility index (Phi) is 16.0. The highest BCUT2D eigenvalue weighted by Gasteiger charge is 2.50. The number of alkyl carbamates (subject to hydrolysis) is 2. The molecule has 82 heavy (non-hydrogen) atoms. The van der Waals surface area contributed by atoms with Gasteiger partial charge in [-0.1, -0.05) is 102 Å². The molecule has 6 aromatic rings. The maximum atomic E-state index is 14.8. The van der Waals surface area contributed by atoms with Gasteiger partial charge in [0.25, 0.3) is 0 Å². The van der Waals surface area contributed by atoms with Crippen molar-refractivity contribution in [2.45, 2.75) is 193 Å². The summed E-state index contributed by atoms with van der Waals surface area (Å²) in [5, 5.41) is 5.62. The van der Waals surface area contributed by atoms with Crippen LogP contribution >= 0.6 is 0 Å². The molecule has 4 amide bonds. The second kappa shape index (κ2) is 23.1. The predicted octanol–water partition coefficient (Wildman–Crippen LogP) is 13.3. The molecular weight excluding hydrogens is 1040 g/mol. The molecule has 436 valence electrons. The molecule has 7 unspecified atom stereocenters. The fourth-order valence-electron chi connectivity index (χ4n) is 14.1. The minimum absolute atomic E-state index is 0.0332. The highest BCUT2D eigenvalue weighted by Crippen LogP contribution is 2.48. The van der Waals surface area contributed by atoms with Crippen LogP contribution in [0.15, 0.2) is 72.8 Å². The highest BCUT2D eigenvalue weighted by molar-refractivity contribution is 5.89. The van der Waals surface area contributed by atoms with E-state index < -0.39 is 48.8 Å². The maximum absolute atomic E-state index is 14.8. The van der Waals surface area contributed by atoms with E-state index in [0.717, 1.165) is 135 Å². The molecular formula is C66H82F2N8O6. The third kappa shape index (κ3) is 11.6. The smallest absolute Gasteiger partial charge is 0.408 e. The summed E-state index contributed by atoms with van der Waals surface area (Å²) in [6.07, 6.45) is 11.5. The summed E-state index contributed by atoms with van der Waals surface area (Å²) in [5.74, 6) is 1.36. The van der Waals surface area contributed by atoms with E-state index in [9.17, 15) is 28.0 Å². The minimum atomic E-state index is -1.31. The third-order valence-corrected chi connectivity index (χ3v) is 18.4. The molecule has 6 aliphatic carbocycles. The van der Waals surface area contributed by atoms with Crippen LogP contribution in [-0.2, 0) is 44.7 Å². The number of ether oxygens (including phenoxy) is 2. The van der Waals surface area contributed by atoms with Gasteiger partial charge in [0.1, 0.15) is 48.3 Å². The Balaban J connectivity index is 0.830. The number of nitrogens with one attached hydrogen (secondary N) is 4. The van der Waals surface area contributed by atoms with Gasteiger partial charge in [-0.25, -0.2) is 28.3 Å².